The summed E-state index contributed by atoms with van der Waals surface area (Å²) in [7, 11) is -1.20. The molecule has 1 saturated carbocycles. The molecule has 2 aromatic rings. The highest BCUT2D eigenvalue weighted by Crippen LogP contribution is 2.34. The van der Waals surface area contributed by atoms with Crippen molar-refractivity contribution in [2.45, 2.75) is 49.0 Å². The van der Waals surface area contributed by atoms with Crippen LogP contribution < -0.4 is 9.47 Å². The van der Waals surface area contributed by atoms with E-state index in [2.05, 4.69) is 27.7 Å². The van der Waals surface area contributed by atoms with E-state index in [1.807, 2.05) is 6.92 Å². The third kappa shape index (κ3) is 4.12. The maximum absolute atomic E-state index is 12.2. The zero-order valence-corrected chi connectivity index (χ0v) is 16.9. The Bertz CT molecular complexity index is 943. The Morgan fingerprint density at radius 2 is 1.79 bits per heavy atom. The van der Waals surface area contributed by atoms with E-state index in [0.717, 1.165) is 25.9 Å². The third-order valence-corrected chi connectivity index (χ3v) is 7.29. The van der Waals surface area contributed by atoms with E-state index in [4.69, 9.17) is 9.47 Å². The highest BCUT2D eigenvalue weighted by Gasteiger charge is 2.37. The van der Waals surface area contributed by atoms with Crippen LogP contribution in [0.4, 0.5) is 0 Å². The number of sulfone groups is 1. The second kappa shape index (κ2) is 7.67. The number of aromatic nitrogens is 3. The van der Waals surface area contributed by atoms with Gasteiger partial charge in [-0.1, -0.05) is 0 Å². The molecule has 0 radical (unpaired) electrons. The van der Waals surface area contributed by atoms with E-state index in [0.29, 0.717) is 35.9 Å². The molecule has 2 aromatic heterocycles. The van der Waals surface area contributed by atoms with Crippen molar-refractivity contribution in [3.05, 3.63) is 30.2 Å². The Labute approximate surface area is 165 Å². The first kappa shape index (κ1) is 19.1. The van der Waals surface area contributed by atoms with Crippen LogP contribution in [0.25, 0.3) is 0 Å². The number of hydrogen-bond donors (Lipinski definition) is 0. The van der Waals surface area contributed by atoms with Crippen LogP contribution in [-0.4, -0.2) is 60.6 Å². The maximum Gasteiger partial charge on any atom is 0.229 e. The van der Waals surface area contributed by atoms with Gasteiger partial charge in [0.15, 0.2) is 22.8 Å². The molecule has 3 heterocycles. The van der Waals surface area contributed by atoms with Gasteiger partial charge in [-0.25, -0.2) is 23.4 Å². The lowest BCUT2D eigenvalue weighted by molar-refractivity contribution is 0.129. The number of nitrogens with zero attached hydrogens (tertiary/aromatic N) is 4. The molecule has 0 amide bonds. The summed E-state index contributed by atoms with van der Waals surface area (Å²) in [5.74, 6) is 1.31. The standard InChI is InChI=1S/C18H23BN4O4S/c1-12-17(26-13-6-8-23(19)9-7-13)21-11-22-18(12)27-14-2-5-16(20-10-14)28(24,25)15-3-4-15/h2,5,10-11,13,15H,3-4,6-9,19H2,1H3. The molecule has 0 aromatic carbocycles. The normalized spacial score (nSPS) is 18.8. The van der Waals surface area contributed by atoms with Crippen molar-refractivity contribution in [2.24, 2.45) is 0 Å². The van der Waals surface area contributed by atoms with Gasteiger partial charge in [0.1, 0.15) is 18.2 Å². The van der Waals surface area contributed by atoms with Crippen LogP contribution in [0.3, 0.4) is 0 Å². The molecule has 0 spiro atoms. The molecule has 2 aliphatic rings. The van der Waals surface area contributed by atoms with Crippen LogP contribution in [-0.2, 0) is 9.84 Å². The van der Waals surface area contributed by atoms with E-state index in [1.54, 1.807) is 6.07 Å². The quantitative estimate of drug-likeness (QED) is 0.668. The molecule has 28 heavy (non-hydrogen) atoms. The van der Waals surface area contributed by atoms with Crippen LogP contribution in [0.5, 0.6) is 17.5 Å². The topological polar surface area (TPSA) is 94.5 Å². The molecule has 2 fully saturated rings. The van der Waals surface area contributed by atoms with Crippen LogP contribution in [0, 0.1) is 6.92 Å². The first-order chi connectivity index (χ1) is 13.4. The van der Waals surface area contributed by atoms with Gasteiger partial charge in [0.05, 0.1) is 17.0 Å². The van der Waals surface area contributed by atoms with Gasteiger partial charge in [0.25, 0.3) is 0 Å². The van der Waals surface area contributed by atoms with Crippen molar-refractivity contribution in [3.63, 3.8) is 0 Å². The van der Waals surface area contributed by atoms with Gasteiger partial charge in [-0.15, -0.1) is 0 Å². The van der Waals surface area contributed by atoms with Crippen LogP contribution in [0.1, 0.15) is 31.2 Å². The van der Waals surface area contributed by atoms with Crippen molar-refractivity contribution < 1.29 is 17.9 Å². The average Bonchev–Trinajstić information content (AvgIpc) is 3.53. The van der Waals surface area contributed by atoms with Gasteiger partial charge < -0.3 is 14.3 Å². The summed E-state index contributed by atoms with van der Waals surface area (Å²) in [4.78, 5) is 14.8. The summed E-state index contributed by atoms with van der Waals surface area (Å²) >= 11 is 0. The largest absolute Gasteiger partial charge is 0.474 e. The zero-order valence-electron chi connectivity index (χ0n) is 16.0. The number of hydrogen-bond acceptors (Lipinski definition) is 8. The van der Waals surface area contributed by atoms with Crippen molar-refractivity contribution in [3.8, 4) is 17.5 Å². The predicted molar refractivity (Wildman–Crippen MR) is 105 cm³/mol. The molecule has 1 aliphatic carbocycles. The monoisotopic (exact) mass is 402 g/mol. The van der Waals surface area contributed by atoms with Crippen LogP contribution in [0.2, 0.25) is 0 Å². The molecule has 1 aliphatic heterocycles. The highest BCUT2D eigenvalue weighted by molar-refractivity contribution is 7.92. The van der Waals surface area contributed by atoms with Crippen LogP contribution >= 0.6 is 0 Å². The zero-order chi connectivity index (χ0) is 19.7. The minimum absolute atomic E-state index is 0.0908. The average molecular weight is 402 g/mol. The van der Waals surface area contributed by atoms with E-state index in [1.165, 1.54) is 18.6 Å². The smallest absolute Gasteiger partial charge is 0.229 e. The summed E-state index contributed by atoms with van der Waals surface area (Å²) in [5.41, 5.74) is 0.705. The molecule has 10 heteroatoms. The molecule has 148 valence electrons. The van der Waals surface area contributed by atoms with Crippen molar-refractivity contribution >= 4 is 17.8 Å². The predicted octanol–water partition coefficient (Wildman–Crippen LogP) is 1.30. The minimum Gasteiger partial charge on any atom is -0.474 e. The summed E-state index contributed by atoms with van der Waals surface area (Å²) in [6.45, 7) is 3.85. The fourth-order valence-corrected chi connectivity index (χ4v) is 4.71. The molecule has 0 bridgehead atoms. The third-order valence-electron chi connectivity index (χ3n) is 5.11. The Balaban J connectivity index is 1.46. The van der Waals surface area contributed by atoms with Gasteiger partial charge in [0, 0.05) is 0 Å². The summed E-state index contributed by atoms with van der Waals surface area (Å²) in [6.07, 6.45) is 6.28. The number of rotatable bonds is 6. The second-order valence-corrected chi connectivity index (χ2v) is 9.58. The fraction of sp³-hybridized carbons (Fsp3) is 0.500. The molecular formula is C18H23BN4O4S. The summed E-state index contributed by atoms with van der Waals surface area (Å²) < 4.78 is 36.3. The van der Waals surface area contributed by atoms with Gasteiger partial charge in [-0.05, 0) is 57.8 Å². The maximum atomic E-state index is 12.2. The van der Waals surface area contributed by atoms with Crippen molar-refractivity contribution in [2.75, 3.05) is 13.1 Å². The van der Waals surface area contributed by atoms with Crippen molar-refractivity contribution in [1.82, 2.24) is 19.8 Å². The molecular weight excluding hydrogens is 379 g/mol. The minimum atomic E-state index is -3.31. The summed E-state index contributed by atoms with van der Waals surface area (Å²) in [5, 5.41) is -0.191. The fourth-order valence-electron chi connectivity index (χ4n) is 3.16. The Morgan fingerprint density at radius 1 is 1.07 bits per heavy atom. The van der Waals surface area contributed by atoms with E-state index >= 15 is 0 Å². The van der Waals surface area contributed by atoms with Crippen molar-refractivity contribution in [1.29, 1.82) is 0 Å². The van der Waals surface area contributed by atoms with Gasteiger partial charge in [0.2, 0.25) is 11.8 Å². The second-order valence-electron chi connectivity index (χ2n) is 7.41. The Hall–Kier alpha value is -2.20. The lowest BCUT2D eigenvalue weighted by Gasteiger charge is -2.29. The van der Waals surface area contributed by atoms with Gasteiger partial charge in [-0.2, -0.15) is 0 Å². The highest BCUT2D eigenvalue weighted by atomic mass is 32.2. The molecule has 0 atom stereocenters. The van der Waals surface area contributed by atoms with Crippen LogP contribution in [0.15, 0.2) is 29.7 Å². The van der Waals surface area contributed by atoms with Gasteiger partial charge >= 0.3 is 0 Å². The molecule has 0 unspecified atom stereocenters. The Morgan fingerprint density at radius 3 is 2.43 bits per heavy atom. The first-order valence-corrected chi connectivity index (χ1v) is 11.0. The van der Waals surface area contributed by atoms with E-state index < -0.39 is 9.84 Å². The number of pyridine rings is 1. The van der Waals surface area contributed by atoms with Gasteiger partial charge in [-0.3, -0.25) is 0 Å². The molecule has 8 nitrogen and oxygen atoms in total. The summed E-state index contributed by atoms with van der Waals surface area (Å²) in [6, 6.07) is 3.08. The molecule has 4 rings (SSSR count). The molecule has 0 N–H and O–H groups in total. The lowest BCUT2D eigenvalue weighted by Crippen LogP contribution is -2.36. The Kier molecular flexibility index (Phi) is 5.24. The number of ether oxygens (including phenoxy) is 2. The SMILES string of the molecule is BN1CCC(Oc2ncnc(Oc3ccc(S(=O)(=O)C4CC4)nc3)c2C)CC1. The van der Waals surface area contributed by atoms with E-state index in [9.17, 15) is 8.42 Å². The first-order valence-electron chi connectivity index (χ1n) is 9.48. The van der Waals surface area contributed by atoms with E-state index in [-0.39, 0.29) is 16.4 Å². The lowest BCUT2D eigenvalue weighted by atomic mass is 10.0. The molecule has 1 saturated heterocycles. The number of piperidine rings is 1.